The largest absolute Gasteiger partial charge is 0.480 e. The summed E-state index contributed by atoms with van der Waals surface area (Å²) in [4.78, 5) is 34.6. The molecule has 1 saturated carbocycles. The monoisotopic (exact) mass is 293 g/mol. The van der Waals surface area contributed by atoms with E-state index >= 15 is 0 Å². The highest BCUT2D eigenvalue weighted by Crippen LogP contribution is 2.34. The first-order valence-electron chi connectivity index (χ1n) is 7.11. The third-order valence-electron chi connectivity index (χ3n) is 4.26. The molecule has 0 saturated heterocycles. The fourth-order valence-electron chi connectivity index (χ4n) is 2.75. The average Bonchev–Trinajstić information content (AvgIpc) is 2.48. The highest BCUT2D eigenvalue weighted by molar-refractivity contribution is 5.97. The quantitative estimate of drug-likeness (QED) is 0.882. The van der Waals surface area contributed by atoms with Crippen LogP contribution in [0.25, 0.3) is 0 Å². The zero-order valence-corrected chi connectivity index (χ0v) is 11.9. The van der Waals surface area contributed by atoms with Crippen LogP contribution in [0.2, 0.25) is 0 Å². The van der Waals surface area contributed by atoms with Gasteiger partial charge in [0.25, 0.3) is 5.91 Å². The van der Waals surface area contributed by atoms with Crippen molar-refractivity contribution in [3.8, 4) is 0 Å². The van der Waals surface area contributed by atoms with Crippen LogP contribution < -0.4 is 10.9 Å². The molecule has 0 atom stereocenters. The van der Waals surface area contributed by atoms with Gasteiger partial charge in [0.05, 0.1) is 5.56 Å². The van der Waals surface area contributed by atoms with Crippen LogP contribution in [-0.2, 0) is 4.79 Å². The van der Waals surface area contributed by atoms with Crippen LogP contribution in [0.15, 0.2) is 27.6 Å². The summed E-state index contributed by atoms with van der Waals surface area (Å²) in [6.45, 7) is 2.09. The lowest BCUT2D eigenvalue weighted by Crippen LogP contribution is -2.56. The van der Waals surface area contributed by atoms with Crippen LogP contribution in [0.5, 0.6) is 0 Å². The van der Waals surface area contributed by atoms with Crippen molar-refractivity contribution >= 4 is 11.9 Å². The normalized spacial score (nSPS) is 25.3. The van der Waals surface area contributed by atoms with Gasteiger partial charge in [0, 0.05) is 6.07 Å². The number of carbonyl (C=O) groups is 2. The molecule has 2 N–H and O–H groups in total. The van der Waals surface area contributed by atoms with Gasteiger partial charge in [0.1, 0.15) is 11.8 Å². The van der Waals surface area contributed by atoms with E-state index in [0.29, 0.717) is 18.8 Å². The number of carboxylic acids is 1. The molecule has 114 valence electrons. The van der Waals surface area contributed by atoms with E-state index in [-0.39, 0.29) is 5.56 Å². The molecule has 1 aromatic rings. The third-order valence-corrected chi connectivity index (χ3v) is 4.26. The summed E-state index contributed by atoms with van der Waals surface area (Å²) in [5.41, 5.74) is -1.63. The van der Waals surface area contributed by atoms with Crippen LogP contribution in [0, 0.1) is 5.92 Å². The smallest absolute Gasteiger partial charge is 0.335 e. The fourth-order valence-corrected chi connectivity index (χ4v) is 2.75. The molecular formula is C15H19NO5. The van der Waals surface area contributed by atoms with Crippen LogP contribution in [0.3, 0.4) is 0 Å². The number of hydrogen-bond donors (Lipinski definition) is 2. The van der Waals surface area contributed by atoms with Gasteiger partial charge in [-0.05, 0) is 37.7 Å². The molecule has 1 aliphatic carbocycles. The highest BCUT2D eigenvalue weighted by atomic mass is 16.4. The minimum atomic E-state index is -1.22. The highest BCUT2D eigenvalue weighted by Gasteiger charge is 2.43. The van der Waals surface area contributed by atoms with Gasteiger partial charge >= 0.3 is 11.6 Å². The molecule has 2 rings (SSSR count). The number of rotatable bonds is 4. The molecule has 1 fully saturated rings. The van der Waals surface area contributed by atoms with Crippen molar-refractivity contribution in [3.05, 3.63) is 34.4 Å². The Bertz CT molecular complexity index is 563. The van der Waals surface area contributed by atoms with E-state index < -0.39 is 23.0 Å². The van der Waals surface area contributed by atoms with Crippen molar-refractivity contribution in [1.29, 1.82) is 0 Å². The maximum absolute atomic E-state index is 12.1. The number of aliphatic carboxylic acids is 1. The van der Waals surface area contributed by atoms with Crippen molar-refractivity contribution in [2.75, 3.05) is 0 Å². The molecule has 1 aromatic heterocycles. The van der Waals surface area contributed by atoms with Gasteiger partial charge in [0.15, 0.2) is 0 Å². The number of nitrogens with one attached hydrogen (secondary N) is 1. The zero-order valence-electron chi connectivity index (χ0n) is 11.9. The lowest BCUT2D eigenvalue weighted by atomic mass is 9.75. The molecule has 0 aliphatic heterocycles. The van der Waals surface area contributed by atoms with Gasteiger partial charge < -0.3 is 14.8 Å². The summed E-state index contributed by atoms with van der Waals surface area (Å²) >= 11 is 0. The van der Waals surface area contributed by atoms with Crippen molar-refractivity contribution in [2.24, 2.45) is 5.92 Å². The maximum Gasteiger partial charge on any atom is 0.335 e. The standard InChI is InChI=1S/C15H19NO5/c1-2-10-5-7-15(8-6-10,14(19)20)16-13(18)11-3-4-12(17)21-9-11/h3-4,9-10H,2,5-8H2,1H3,(H,16,18)(H,19,20). The SMILES string of the molecule is CCC1CCC(NC(=O)c2ccc(=O)oc2)(C(=O)O)CC1. The molecule has 0 radical (unpaired) electrons. The van der Waals surface area contributed by atoms with E-state index in [1.54, 1.807) is 0 Å². The van der Waals surface area contributed by atoms with Gasteiger partial charge in [0.2, 0.25) is 0 Å². The Morgan fingerprint density at radius 1 is 1.38 bits per heavy atom. The maximum atomic E-state index is 12.1. The van der Waals surface area contributed by atoms with Crippen molar-refractivity contribution < 1.29 is 19.1 Å². The number of carboxylic acid groups (broad SMARTS) is 1. The predicted octanol–water partition coefficient (Wildman–Crippen LogP) is 1.79. The van der Waals surface area contributed by atoms with Gasteiger partial charge in [-0.15, -0.1) is 0 Å². The Kier molecular flexibility index (Phi) is 4.45. The number of hydrogen-bond acceptors (Lipinski definition) is 4. The van der Waals surface area contributed by atoms with Crippen LogP contribution in [0.1, 0.15) is 49.4 Å². The molecule has 0 spiro atoms. The molecule has 6 nitrogen and oxygen atoms in total. The van der Waals surface area contributed by atoms with Crippen molar-refractivity contribution in [1.82, 2.24) is 5.32 Å². The minimum absolute atomic E-state index is 0.146. The predicted molar refractivity (Wildman–Crippen MR) is 75.1 cm³/mol. The summed E-state index contributed by atoms with van der Waals surface area (Å²) in [5.74, 6) is -1.02. The Hall–Kier alpha value is -2.11. The topological polar surface area (TPSA) is 96.6 Å². The summed E-state index contributed by atoms with van der Waals surface area (Å²) in [7, 11) is 0. The van der Waals surface area contributed by atoms with Gasteiger partial charge in [-0.1, -0.05) is 13.3 Å². The third kappa shape index (κ3) is 3.32. The Morgan fingerprint density at radius 2 is 2.05 bits per heavy atom. The second-order valence-corrected chi connectivity index (χ2v) is 5.54. The lowest BCUT2D eigenvalue weighted by molar-refractivity contribution is -0.146. The molecule has 1 amide bonds. The molecule has 0 unspecified atom stereocenters. The van der Waals surface area contributed by atoms with E-state index in [2.05, 4.69) is 16.7 Å². The zero-order chi connectivity index (χ0) is 15.5. The Morgan fingerprint density at radius 3 is 2.52 bits per heavy atom. The average molecular weight is 293 g/mol. The van der Waals surface area contributed by atoms with E-state index in [0.717, 1.165) is 31.6 Å². The number of carbonyl (C=O) groups excluding carboxylic acids is 1. The molecule has 1 aliphatic rings. The molecule has 21 heavy (non-hydrogen) atoms. The summed E-state index contributed by atoms with van der Waals surface area (Å²) in [5, 5.41) is 12.1. The van der Waals surface area contributed by atoms with Gasteiger partial charge in [-0.25, -0.2) is 9.59 Å². The first-order chi connectivity index (χ1) is 9.97. The molecular weight excluding hydrogens is 274 g/mol. The van der Waals surface area contributed by atoms with Crippen molar-refractivity contribution in [2.45, 2.75) is 44.6 Å². The molecule has 0 aromatic carbocycles. The Balaban J connectivity index is 2.13. The van der Waals surface area contributed by atoms with Gasteiger partial charge in [-0.2, -0.15) is 0 Å². The Labute approximate surface area is 122 Å². The lowest BCUT2D eigenvalue weighted by Gasteiger charge is -2.37. The molecule has 1 heterocycles. The molecule has 0 bridgehead atoms. The second-order valence-electron chi connectivity index (χ2n) is 5.54. The molecule has 6 heteroatoms. The minimum Gasteiger partial charge on any atom is -0.480 e. The second kappa shape index (κ2) is 6.11. The summed E-state index contributed by atoms with van der Waals surface area (Å²) < 4.78 is 4.63. The fraction of sp³-hybridized carbons (Fsp3) is 0.533. The van der Waals surface area contributed by atoms with Crippen LogP contribution in [0.4, 0.5) is 0 Å². The van der Waals surface area contributed by atoms with E-state index in [9.17, 15) is 19.5 Å². The van der Waals surface area contributed by atoms with Crippen LogP contribution >= 0.6 is 0 Å². The van der Waals surface area contributed by atoms with Crippen molar-refractivity contribution in [3.63, 3.8) is 0 Å². The first kappa shape index (κ1) is 15.3. The van der Waals surface area contributed by atoms with E-state index in [1.165, 1.54) is 6.07 Å². The van der Waals surface area contributed by atoms with E-state index in [1.807, 2.05) is 0 Å². The first-order valence-corrected chi connectivity index (χ1v) is 7.11. The number of amides is 1. The van der Waals surface area contributed by atoms with Crippen LogP contribution in [-0.4, -0.2) is 22.5 Å². The summed E-state index contributed by atoms with van der Waals surface area (Å²) in [6, 6.07) is 2.46. The summed E-state index contributed by atoms with van der Waals surface area (Å²) in [6.07, 6.45) is 4.48. The van der Waals surface area contributed by atoms with Gasteiger partial charge in [-0.3, -0.25) is 4.79 Å². The van der Waals surface area contributed by atoms with E-state index in [4.69, 9.17) is 0 Å².